The zero-order valence-electron chi connectivity index (χ0n) is 3.56. The van der Waals surface area contributed by atoms with Crippen molar-refractivity contribution in [2.24, 2.45) is 0 Å². The van der Waals surface area contributed by atoms with Gasteiger partial charge in [-0.2, -0.15) is 0 Å². The molecule has 0 aromatic carbocycles. The van der Waals surface area contributed by atoms with Crippen LogP contribution in [0.1, 0.15) is 6.92 Å². The topological polar surface area (TPSA) is 17.1 Å². The molecule has 2 atom stereocenters. The highest BCUT2D eigenvalue weighted by atomic mass is 31.1. The van der Waals surface area contributed by atoms with Gasteiger partial charge in [0.15, 0.2) is 0 Å². The Morgan fingerprint density at radius 1 is 2.00 bits per heavy atom. The highest BCUT2D eigenvalue weighted by Crippen LogP contribution is 2.00. The summed E-state index contributed by atoms with van der Waals surface area (Å²) in [5.74, 6) is 2.31. The summed E-state index contributed by atoms with van der Waals surface area (Å²) in [4.78, 5) is 0. The molecule has 6 heavy (non-hydrogen) atoms. The van der Waals surface area contributed by atoms with E-state index in [2.05, 4.69) is 5.92 Å². The largest absolute Gasteiger partial charge is 0.340 e. The van der Waals surface area contributed by atoms with Crippen molar-refractivity contribution in [1.29, 1.82) is 0 Å². The van der Waals surface area contributed by atoms with Gasteiger partial charge in [-0.3, -0.25) is 0 Å². The van der Waals surface area contributed by atoms with E-state index in [0.717, 1.165) is 0 Å². The number of hydrogen-bond acceptors (Lipinski definition) is 1. The lowest BCUT2D eigenvalue weighted by Crippen LogP contribution is -1.78. The minimum atomic E-state index is -0.355. The van der Waals surface area contributed by atoms with E-state index in [1.165, 1.54) is 0 Å². The van der Waals surface area contributed by atoms with Crippen molar-refractivity contribution in [3.63, 3.8) is 0 Å². The van der Waals surface area contributed by atoms with Crippen LogP contribution >= 0.6 is 8.46 Å². The molecule has 0 saturated carbocycles. The fraction of sp³-hybridized carbons (Fsp3) is 0.500. The first kappa shape index (κ1) is 5.66. The smallest absolute Gasteiger partial charge is 0.115 e. The summed E-state index contributed by atoms with van der Waals surface area (Å²) in [5, 5.41) is 0. The normalized spacial score (nSPS) is 13.3. The Morgan fingerprint density at radius 2 is 2.50 bits per heavy atom. The molecule has 0 aliphatic heterocycles. The third-order valence-corrected chi connectivity index (χ3v) is 0.947. The van der Waals surface area contributed by atoms with Gasteiger partial charge in [0.25, 0.3) is 0 Å². The third kappa shape index (κ3) is 1.93. The second-order valence-electron chi connectivity index (χ2n) is 1.01. The van der Waals surface area contributed by atoms with Gasteiger partial charge in [-0.1, -0.05) is 10.5 Å². The zero-order valence-corrected chi connectivity index (χ0v) is 4.56. The van der Waals surface area contributed by atoms with Gasteiger partial charge in [0.05, 0.1) is 0 Å². The average molecular weight is 101 g/mol. The van der Waals surface area contributed by atoms with E-state index in [0.29, 0.717) is 0 Å². The first-order valence-electron chi connectivity index (χ1n) is 1.65. The Labute approximate surface area is 39.0 Å². The maximum Gasteiger partial charge on any atom is 0.340 e. The molecule has 1 nitrogen and oxygen atoms in total. The Bertz CT molecular complexity index is 82.0. The predicted octanol–water partition coefficient (Wildman–Crippen LogP) is 1.03. The van der Waals surface area contributed by atoms with Gasteiger partial charge in [-0.05, 0) is 6.92 Å². The summed E-state index contributed by atoms with van der Waals surface area (Å²) < 4.78 is 9.75. The molecule has 2 heteroatoms. The second kappa shape index (κ2) is 2.87. The molecule has 0 heterocycles. The van der Waals surface area contributed by atoms with Crippen LogP contribution in [0.25, 0.3) is 0 Å². The van der Waals surface area contributed by atoms with Crippen LogP contribution in [0.5, 0.6) is 0 Å². The van der Waals surface area contributed by atoms with Crippen molar-refractivity contribution in [3.05, 3.63) is 0 Å². The van der Waals surface area contributed by atoms with Crippen molar-refractivity contribution >= 4 is 8.46 Å². The Balaban J connectivity index is 3.30. The van der Waals surface area contributed by atoms with Crippen molar-refractivity contribution in [3.8, 4) is 12.3 Å². The molecule has 0 radical (unpaired) electrons. The van der Waals surface area contributed by atoms with Gasteiger partial charge in [0, 0.05) is 0 Å². The molecule has 2 unspecified atom stereocenters. The van der Waals surface area contributed by atoms with Crippen molar-refractivity contribution < 1.29 is 4.57 Å². The molecule has 0 rings (SSSR count). The van der Waals surface area contributed by atoms with Crippen LogP contribution in [0.3, 0.4) is 0 Å². The standard InChI is InChI=1S/C4H5OP/c1-3-4(2)6-5/h1,4H,2H3/p+1. The molecule has 0 fully saturated rings. The molecule has 0 aromatic heterocycles. The maximum absolute atomic E-state index is 9.75. The van der Waals surface area contributed by atoms with Crippen LogP contribution in [0.4, 0.5) is 0 Å². The van der Waals surface area contributed by atoms with Crippen molar-refractivity contribution in [2.45, 2.75) is 12.6 Å². The monoisotopic (exact) mass is 101 g/mol. The van der Waals surface area contributed by atoms with E-state index in [4.69, 9.17) is 6.42 Å². The molecule has 0 bridgehead atoms. The fourth-order valence-corrected chi connectivity index (χ4v) is 0.102. The van der Waals surface area contributed by atoms with E-state index in [1.807, 2.05) is 0 Å². The van der Waals surface area contributed by atoms with Crippen LogP contribution in [0.15, 0.2) is 0 Å². The summed E-state index contributed by atoms with van der Waals surface area (Å²) >= 11 is 0. The van der Waals surface area contributed by atoms with E-state index >= 15 is 0 Å². The summed E-state index contributed by atoms with van der Waals surface area (Å²) in [7, 11) is -0.355. The minimum absolute atomic E-state index is 0.0648. The Kier molecular flexibility index (Phi) is 2.71. The fourth-order valence-electron chi connectivity index (χ4n) is 0.0340. The summed E-state index contributed by atoms with van der Waals surface area (Å²) in [5.41, 5.74) is -0.0648. The van der Waals surface area contributed by atoms with Gasteiger partial charge in [-0.25, -0.2) is 0 Å². The van der Waals surface area contributed by atoms with E-state index in [9.17, 15) is 4.57 Å². The third-order valence-electron chi connectivity index (χ3n) is 0.427. The molecule has 0 aromatic rings. The van der Waals surface area contributed by atoms with Gasteiger partial charge in [-0.15, -0.1) is 6.42 Å². The predicted molar refractivity (Wildman–Crippen MR) is 27.3 cm³/mol. The van der Waals surface area contributed by atoms with Gasteiger partial charge < -0.3 is 0 Å². The highest BCUT2D eigenvalue weighted by Gasteiger charge is 1.97. The van der Waals surface area contributed by atoms with Crippen molar-refractivity contribution in [2.75, 3.05) is 0 Å². The molecule has 0 amide bonds. The quantitative estimate of drug-likeness (QED) is 0.356. The summed E-state index contributed by atoms with van der Waals surface area (Å²) in [6, 6.07) is 0. The lowest BCUT2D eigenvalue weighted by molar-refractivity contribution is 0.597. The molecule has 0 saturated heterocycles. The second-order valence-corrected chi connectivity index (χ2v) is 2.11. The molecule has 0 spiro atoms. The lowest BCUT2D eigenvalue weighted by atomic mass is 10.5. The Morgan fingerprint density at radius 3 is 2.50 bits per heavy atom. The minimum Gasteiger partial charge on any atom is -0.115 e. The van der Waals surface area contributed by atoms with Gasteiger partial charge in [0.1, 0.15) is 0 Å². The first-order chi connectivity index (χ1) is 2.81. The number of rotatable bonds is 1. The van der Waals surface area contributed by atoms with Gasteiger partial charge in [0.2, 0.25) is 5.66 Å². The van der Waals surface area contributed by atoms with Crippen LogP contribution in [-0.2, 0) is 4.57 Å². The molecule has 0 aliphatic carbocycles. The zero-order chi connectivity index (χ0) is 4.99. The summed E-state index contributed by atoms with van der Waals surface area (Å²) in [6.45, 7) is 1.74. The van der Waals surface area contributed by atoms with Crippen molar-refractivity contribution in [1.82, 2.24) is 0 Å². The number of hydrogen-bond donors (Lipinski definition) is 0. The van der Waals surface area contributed by atoms with Crippen LogP contribution in [-0.4, -0.2) is 5.66 Å². The maximum atomic E-state index is 9.75. The molecular weight excluding hydrogens is 95.0 g/mol. The number of terminal acetylenes is 1. The van der Waals surface area contributed by atoms with Gasteiger partial charge >= 0.3 is 8.46 Å². The first-order valence-corrected chi connectivity index (χ1v) is 2.63. The van der Waals surface area contributed by atoms with Crippen LogP contribution in [0.2, 0.25) is 0 Å². The van der Waals surface area contributed by atoms with E-state index < -0.39 is 0 Å². The van der Waals surface area contributed by atoms with E-state index in [1.54, 1.807) is 6.92 Å². The summed E-state index contributed by atoms with van der Waals surface area (Å²) in [6.07, 6.45) is 4.84. The van der Waals surface area contributed by atoms with Crippen LogP contribution < -0.4 is 0 Å². The lowest BCUT2D eigenvalue weighted by Gasteiger charge is -1.68. The molecule has 32 valence electrons. The molecule has 0 aliphatic rings. The average Bonchev–Trinajstić information content (AvgIpc) is 1.65. The molecular formula is C4H6OP+. The Hall–Kier alpha value is -0.340. The highest BCUT2D eigenvalue weighted by molar-refractivity contribution is 7.25. The van der Waals surface area contributed by atoms with E-state index in [-0.39, 0.29) is 14.1 Å². The van der Waals surface area contributed by atoms with Crippen LogP contribution in [0, 0.1) is 12.3 Å². The SMILES string of the molecule is C#CC(C)[PH+]=O. The molecule has 0 N–H and O–H groups in total.